The predicted octanol–water partition coefficient (Wildman–Crippen LogP) is 1.32. The molecule has 1 aliphatic heterocycles. The van der Waals surface area contributed by atoms with Crippen LogP contribution in [0.3, 0.4) is 0 Å². The highest BCUT2D eigenvalue weighted by atomic mass is 15.2. The summed E-state index contributed by atoms with van der Waals surface area (Å²) in [5.74, 6) is 1.79. The van der Waals surface area contributed by atoms with Gasteiger partial charge < -0.3 is 14.8 Å². The number of rotatable bonds is 4. The summed E-state index contributed by atoms with van der Waals surface area (Å²) >= 11 is 0. The lowest BCUT2D eigenvalue weighted by molar-refractivity contribution is 0.316. The number of nitrogens with zero attached hydrogens (tertiary/aromatic N) is 3. The van der Waals surface area contributed by atoms with Crippen LogP contribution in [0.5, 0.6) is 0 Å². The molecule has 1 aromatic heterocycles. The third-order valence-electron chi connectivity index (χ3n) is 3.75. The van der Waals surface area contributed by atoms with E-state index in [1.54, 1.807) is 0 Å². The fourth-order valence-electron chi connectivity index (χ4n) is 2.57. The Kier molecular flexibility index (Phi) is 2.59. The number of imidazole rings is 1. The third-order valence-corrected chi connectivity index (χ3v) is 3.75. The molecule has 2 heterocycles. The van der Waals surface area contributed by atoms with E-state index in [-0.39, 0.29) is 0 Å². The highest BCUT2D eigenvalue weighted by molar-refractivity contribution is 5.25. The van der Waals surface area contributed by atoms with E-state index in [1.807, 2.05) is 24.0 Å². The van der Waals surface area contributed by atoms with Gasteiger partial charge in [-0.05, 0) is 31.7 Å². The van der Waals surface area contributed by atoms with Crippen LogP contribution in [0.4, 0.5) is 5.95 Å². The molecule has 0 radical (unpaired) electrons. The maximum absolute atomic E-state index is 4.28. The minimum absolute atomic E-state index is 0.803. The van der Waals surface area contributed by atoms with E-state index >= 15 is 0 Å². The molecule has 1 saturated carbocycles. The molecule has 3 rings (SSSR count). The van der Waals surface area contributed by atoms with Crippen molar-refractivity contribution in [3.63, 3.8) is 0 Å². The van der Waals surface area contributed by atoms with Gasteiger partial charge in [-0.15, -0.1) is 0 Å². The largest absolute Gasteiger partial charge is 0.355 e. The monoisotopic (exact) mass is 220 g/mol. The Morgan fingerprint density at radius 2 is 2.31 bits per heavy atom. The normalized spacial score (nSPS) is 26.2. The van der Waals surface area contributed by atoms with Gasteiger partial charge >= 0.3 is 0 Å². The van der Waals surface area contributed by atoms with Crippen molar-refractivity contribution >= 4 is 5.95 Å². The quantitative estimate of drug-likeness (QED) is 0.830. The molecule has 4 heteroatoms. The Labute approximate surface area is 96.7 Å². The number of hydrogen-bond donors (Lipinski definition) is 1. The summed E-state index contributed by atoms with van der Waals surface area (Å²) in [5, 5.41) is 3.44. The van der Waals surface area contributed by atoms with E-state index in [4.69, 9.17) is 0 Å². The smallest absolute Gasteiger partial charge is 0.202 e. The van der Waals surface area contributed by atoms with Crippen molar-refractivity contribution in [3.05, 3.63) is 12.4 Å². The molecular weight excluding hydrogens is 200 g/mol. The highest BCUT2D eigenvalue weighted by Crippen LogP contribution is 2.31. The molecule has 1 atom stereocenters. The van der Waals surface area contributed by atoms with Crippen LogP contribution in [-0.2, 0) is 7.05 Å². The van der Waals surface area contributed by atoms with Crippen molar-refractivity contribution in [2.45, 2.75) is 25.3 Å². The van der Waals surface area contributed by atoms with E-state index < -0.39 is 0 Å². The average molecular weight is 220 g/mol. The molecule has 16 heavy (non-hydrogen) atoms. The Hall–Kier alpha value is -1.03. The van der Waals surface area contributed by atoms with E-state index in [0.29, 0.717) is 0 Å². The van der Waals surface area contributed by atoms with E-state index in [0.717, 1.165) is 24.5 Å². The maximum Gasteiger partial charge on any atom is 0.202 e. The first-order chi connectivity index (χ1) is 7.83. The van der Waals surface area contributed by atoms with Crippen LogP contribution in [-0.4, -0.2) is 40.1 Å². The molecule has 0 aromatic carbocycles. The number of nitrogens with one attached hydrogen (secondary N) is 1. The summed E-state index contributed by atoms with van der Waals surface area (Å²) in [5.41, 5.74) is 0. The van der Waals surface area contributed by atoms with E-state index in [1.165, 1.54) is 32.4 Å². The van der Waals surface area contributed by atoms with Crippen molar-refractivity contribution in [1.29, 1.82) is 0 Å². The van der Waals surface area contributed by atoms with Crippen LogP contribution >= 0.6 is 0 Å². The van der Waals surface area contributed by atoms with Gasteiger partial charge in [0.05, 0.1) is 0 Å². The van der Waals surface area contributed by atoms with Crippen LogP contribution < -0.4 is 5.32 Å². The van der Waals surface area contributed by atoms with Crippen molar-refractivity contribution < 1.29 is 0 Å². The van der Waals surface area contributed by atoms with Crippen LogP contribution in [0, 0.1) is 5.92 Å². The SMILES string of the molecule is Cn1ccnc1NCC1CCN(C2CC2)C1. The second kappa shape index (κ2) is 4.09. The Balaban J connectivity index is 1.47. The first kappa shape index (κ1) is 10.1. The maximum atomic E-state index is 4.28. The minimum atomic E-state index is 0.803. The minimum Gasteiger partial charge on any atom is -0.355 e. The Morgan fingerprint density at radius 3 is 3.00 bits per heavy atom. The molecule has 1 N–H and O–H groups in total. The molecule has 4 nitrogen and oxygen atoms in total. The van der Waals surface area contributed by atoms with Gasteiger partial charge in [-0.1, -0.05) is 0 Å². The molecule has 1 aromatic rings. The average Bonchev–Trinajstić information content (AvgIpc) is 2.89. The summed E-state index contributed by atoms with van der Waals surface area (Å²) in [4.78, 5) is 6.94. The van der Waals surface area contributed by atoms with Gasteiger partial charge in [-0.25, -0.2) is 4.98 Å². The fourth-order valence-corrected chi connectivity index (χ4v) is 2.57. The van der Waals surface area contributed by atoms with Gasteiger partial charge in [0, 0.05) is 38.6 Å². The summed E-state index contributed by atoms with van der Waals surface area (Å²) in [7, 11) is 2.03. The zero-order chi connectivity index (χ0) is 11.0. The molecule has 88 valence electrons. The van der Waals surface area contributed by atoms with Gasteiger partial charge in [-0.3, -0.25) is 0 Å². The van der Waals surface area contributed by atoms with Gasteiger partial charge in [0.25, 0.3) is 0 Å². The molecule has 1 aliphatic carbocycles. The molecule has 2 aliphatic rings. The second-order valence-electron chi connectivity index (χ2n) is 5.12. The molecule has 1 unspecified atom stereocenters. The number of anilines is 1. The molecular formula is C12H20N4. The fraction of sp³-hybridized carbons (Fsp3) is 0.750. The molecule has 0 amide bonds. The standard InChI is InChI=1S/C12H20N4/c1-15-7-5-13-12(15)14-8-10-4-6-16(9-10)11-2-3-11/h5,7,10-11H,2-4,6,8-9H2,1H3,(H,13,14). The van der Waals surface area contributed by atoms with Crippen molar-refractivity contribution in [2.24, 2.45) is 13.0 Å². The van der Waals surface area contributed by atoms with Gasteiger partial charge in [0.1, 0.15) is 0 Å². The summed E-state index contributed by atoms with van der Waals surface area (Å²) in [6.07, 6.45) is 8.02. The lowest BCUT2D eigenvalue weighted by Crippen LogP contribution is -2.25. The zero-order valence-corrected chi connectivity index (χ0v) is 9.89. The summed E-state index contributed by atoms with van der Waals surface area (Å²) < 4.78 is 2.04. The lowest BCUT2D eigenvalue weighted by Gasteiger charge is -2.15. The van der Waals surface area contributed by atoms with Crippen LogP contribution in [0.25, 0.3) is 0 Å². The first-order valence-corrected chi connectivity index (χ1v) is 6.28. The second-order valence-corrected chi connectivity index (χ2v) is 5.12. The summed E-state index contributed by atoms with van der Waals surface area (Å²) in [6.45, 7) is 3.65. The number of likely N-dealkylation sites (tertiary alicyclic amines) is 1. The third kappa shape index (κ3) is 2.07. The summed E-state index contributed by atoms with van der Waals surface area (Å²) in [6, 6.07) is 0.929. The Bertz CT molecular complexity index is 356. The van der Waals surface area contributed by atoms with Gasteiger partial charge in [0.15, 0.2) is 0 Å². The van der Waals surface area contributed by atoms with Gasteiger partial charge in [0.2, 0.25) is 5.95 Å². The highest BCUT2D eigenvalue weighted by Gasteiger charge is 2.34. The van der Waals surface area contributed by atoms with Crippen LogP contribution in [0.15, 0.2) is 12.4 Å². The van der Waals surface area contributed by atoms with E-state index in [9.17, 15) is 0 Å². The predicted molar refractivity (Wildman–Crippen MR) is 64.4 cm³/mol. The lowest BCUT2D eigenvalue weighted by atomic mass is 10.1. The molecule has 0 spiro atoms. The number of aryl methyl sites for hydroxylation is 1. The van der Waals surface area contributed by atoms with Gasteiger partial charge in [-0.2, -0.15) is 0 Å². The number of aromatic nitrogens is 2. The van der Waals surface area contributed by atoms with Crippen molar-refractivity contribution in [1.82, 2.24) is 14.5 Å². The van der Waals surface area contributed by atoms with Crippen LogP contribution in [0.2, 0.25) is 0 Å². The molecule has 1 saturated heterocycles. The zero-order valence-electron chi connectivity index (χ0n) is 9.89. The molecule has 0 bridgehead atoms. The van der Waals surface area contributed by atoms with Crippen LogP contribution in [0.1, 0.15) is 19.3 Å². The van der Waals surface area contributed by atoms with E-state index in [2.05, 4.69) is 15.2 Å². The topological polar surface area (TPSA) is 33.1 Å². The van der Waals surface area contributed by atoms with Crippen molar-refractivity contribution in [3.8, 4) is 0 Å². The van der Waals surface area contributed by atoms with Crippen molar-refractivity contribution in [2.75, 3.05) is 25.0 Å². The Morgan fingerprint density at radius 1 is 1.44 bits per heavy atom. The number of hydrogen-bond acceptors (Lipinski definition) is 3. The first-order valence-electron chi connectivity index (χ1n) is 6.28. The molecule has 2 fully saturated rings.